The van der Waals surface area contributed by atoms with E-state index in [1.54, 1.807) is 30.3 Å². The minimum absolute atomic E-state index is 0.103. The molecule has 28 heavy (non-hydrogen) atoms. The molecule has 0 spiro atoms. The highest BCUT2D eigenvalue weighted by Gasteiger charge is 2.17. The van der Waals surface area contributed by atoms with E-state index in [0.717, 1.165) is 0 Å². The molecule has 1 amide bonds. The third kappa shape index (κ3) is 4.61. The van der Waals surface area contributed by atoms with Crippen molar-refractivity contribution < 1.29 is 33.3 Å². The van der Waals surface area contributed by atoms with Gasteiger partial charge >= 0.3 is 5.97 Å². The lowest BCUT2D eigenvalue weighted by Gasteiger charge is -2.08. The summed E-state index contributed by atoms with van der Waals surface area (Å²) in [5.41, 5.74) is 0.682. The van der Waals surface area contributed by atoms with Crippen molar-refractivity contribution in [1.29, 1.82) is 0 Å². The molecule has 1 heterocycles. The van der Waals surface area contributed by atoms with Crippen molar-refractivity contribution in [2.75, 3.05) is 27.1 Å². The SMILES string of the molecule is COc1ccc(C(=O)COC(=O)CNC(=O)c2ccc3c(c2)OCO3)cc1Br. The van der Waals surface area contributed by atoms with Gasteiger partial charge in [-0.1, -0.05) is 0 Å². The van der Waals surface area contributed by atoms with Crippen LogP contribution in [0.1, 0.15) is 20.7 Å². The van der Waals surface area contributed by atoms with Crippen molar-refractivity contribution >= 4 is 33.6 Å². The van der Waals surface area contributed by atoms with Crippen molar-refractivity contribution in [3.8, 4) is 17.2 Å². The smallest absolute Gasteiger partial charge is 0.325 e. The topological polar surface area (TPSA) is 100 Å². The highest BCUT2D eigenvalue weighted by atomic mass is 79.9. The van der Waals surface area contributed by atoms with Crippen LogP contribution in [-0.4, -0.2) is 44.7 Å². The summed E-state index contributed by atoms with van der Waals surface area (Å²) in [7, 11) is 1.52. The average molecular weight is 450 g/mol. The second kappa shape index (κ2) is 8.75. The normalized spacial score (nSPS) is 11.6. The number of hydrogen-bond donors (Lipinski definition) is 1. The summed E-state index contributed by atoms with van der Waals surface area (Å²) in [6.07, 6.45) is 0. The van der Waals surface area contributed by atoms with E-state index in [0.29, 0.717) is 32.8 Å². The molecule has 146 valence electrons. The van der Waals surface area contributed by atoms with E-state index in [4.69, 9.17) is 18.9 Å². The van der Waals surface area contributed by atoms with Crippen LogP contribution in [0.15, 0.2) is 40.9 Å². The maximum absolute atomic E-state index is 12.1. The Morgan fingerprint density at radius 1 is 1.07 bits per heavy atom. The molecule has 0 unspecified atom stereocenters. The van der Waals surface area contributed by atoms with Crippen molar-refractivity contribution in [1.82, 2.24) is 5.32 Å². The lowest BCUT2D eigenvalue weighted by molar-refractivity contribution is -0.141. The average Bonchev–Trinajstić information content (AvgIpc) is 3.17. The van der Waals surface area contributed by atoms with Crippen LogP contribution in [0.3, 0.4) is 0 Å². The molecule has 0 radical (unpaired) electrons. The summed E-state index contributed by atoms with van der Waals surface area (Å²) in [5.74, 6) is 0.0281. The predicted molar refractivity (Wildman–Crippen MR) is 101 cm³/mol. The Kier molecular flexibility index (Phi) is 6.15. The number of ketones is 1. The standard InChI is InChI=1S/C19H16BrNO7/c1-25-15-4-2-11(6-13(15)20)14(22)9-26-18(23)8-21-19(24)12-3-5-16-17(7-12)28-10-27-16/h2-7H,8-10H2,1H3,(H,21,24). The fraction of sp³-hybridized carbons (Fsp3) is 0.211. The number of esters is 1. The molecule has 1 N–H and O–H groups in total. The molecule has 8 nitrogen and oxygen atoms in total. The Bertz CT molecular complexity index is 928. The van der Waals surface area contributed by atoms with Crippen LogP contribution in [0, 0.1) is 0 Å². The number of halogens is 1. The Hall–Kier alpha value is -3.07. The van der Waals surface area contributed by atoms with Gasteiger partial charge < -0.3 is 24.3 Å². The molecule has 1 aliphatic rings. The first-order valence-corrected chi connectivity index (χ1v) is 8.97. The van der Waals surface area contributed by atoms with Crippen LogP contribution >= 0.6 is 15.9 Å². The van der Waals surface area contributed by atoms with Crippen LogP contribution in [0.5, 0.6) is 17.2 Å². The van der Waals surface area contributed by atoms with Gasteiger partial charge in [0, 0.05) is 11.1 Å². The number of carbonyl (C=O) groups excluding carboxylic acids is 3. The van der Waals surface area contributed by atoms with E-state index in [1.165, 1.54) is 13.2 Å². The largest absolute Gasteiger partial charge is 0.496 e. The summed E-state index contributed by atoms with van der Waals surface area (Å²) in [5, 5.41) is 2.43. The zero-order valence-corrected chi connectivity index (χ0v) is 16.4. The number of nitrogens with one attached hydrogen (secondary N) is 1. The molecule has 0 saturated heterocycles. The summed E-state index contributed by atoms with van der Waals surface area (Å²) in [4.78, 5) is 36.0. The summed E-state index contributed by atoms with van der Waals surface area (Å²) in [6.45, 7) is -0.699. The van der Waals surface area contributed by atoms with E-state index >= 15 is 0 Å². The second-order valence-corrected chi connectivity index (χ2v) is 6.54. The Balaban J connectivity index is 1.47. The third-order valence-corrected chi connectivity index (χ3v) is 4.49. The first-order chi connectivity index (χ1) is 13.5. The summed E-state index contributed by atoms with van der Waals surface area (Å²) < 4.78 is 21.0. The molecule has 2 aromatic carbocycles. The van der Waals surface area contributed by atoms with Gasteiger partial charge in [-0.2, -0.15) is 0 Å². The molecule has 9 heteroatoms. The maximum atomic E-state index is 12.1. The number of methoxy groups -OCH3 is 1. The molecular weight excluding hydrogens is 434 g/mol. The second-order valence-electron chi connectivity index (χ2n) is 5.68. The number of rotatable bonds is 7. The Morgan fingerprint density at radius 3 is 2.57 bits per heavy atom. The quantitative estimate of drug-likeness (QED) is 0.511. The molecule has 0 aromatic heterocycles. The molecule has 0 aliphatic carbocycles. The van der Waals surface area contributed by atoms with Crippen LogP contribution in [-0.2, 0) is 9.53 Å². The van der Waals surface area contributed by atoms with Gasteiger partial charge in [0.15, 0.2) is 23.9 Å². The molecule has 1 aliphatic heterocycles. The lowest BCUT2D eigenvalue weighted by Crippen LogP contribution is -2.31. The van der Waals surface area contributed by atoms with Gasteiger partial charge in [0.2, 0.25) is 6.79 Å². The van der Waals surface area contributed by atoms with Gasteiger partial charge in [0.1, 0.15) is 12.3 Å². The van der Waals surface area contributed by atoms with Gasteiger partial charge in [-0.25, -0.2) is 0 Å². The highest BCUT2D eigenvalue weighted by molar-refractivity contribution is 9.10. The first-order valence-electron chi connectivity index (χ1n) is 8.18. The molecule has 0 bridgehead atoms. The monoisotopic (exact) mass is 449 g/mol. The van der Waals surface area contributed by atoms with Gasteiger partial charge in [0.25, 0.3) is 5.91 Å². The third-order valence-electron chi connectivity index (χ3n) is 3.87. The van der Waals surface area contributed by atoms with Crippen molar-refractivity contribution in [2.45, 2.75) is 0 Å². The number of Topliss-reactive ketones (excluding diaryl/α,β-unsaturated/α-hetero) is 1. The van der Waals surface area contributed by atoms with Crippen molar-refractivity contribution in [2.24, 2.45) is 0 Å². The fourth-order valence-electron chi connectivity index (χ4n) is 2.41. The fourth-order valence-corrected chi connectivity index (χ4v) is 2.95. The van der Waals surface area contributed by atoms with Crippen molar-refractivity contribution in [3.63, 3.8) is 0 Å². The molecule has 0 saturated carbocycles. The highest BCUT2D eigenvalue weighted by Crippen LogP contribution is 2.32. The number of fused-ring (bicyclic) bond motifs is 1. The zero-order chi connectivity index (χ0) is 20.1. The predicted octanol–water partition coefficient (Wildman–Crippen LogP) is 2.34. The van der Waals surface area contributed by atoms with Crippen LogP contribution < -0.4 is 19.5 Å². The van der Waals surface area contributed by atoms with E-state index in [1.807, 2.05) is 0 Å². The van der Waals surface area contributed by atoms with E-state index in [-0.39, 0.29) is 19.1 Å². The van der Waals surface area contributed by atoms with Gasteiger partial charge in [-0.15, -0.1) is 0 Å². The molecule has 0 atom stereocenters. The van der Waals surface area contributed by atoms with Crippen LogP contribution in [0.25, 0.3) is 0 Å². The number of ether oxygens (including phenoxy) is 4. The summed E-state index contributed by atoms with van der Waals surface area (Å²) >= 11 is 3.29. The maximum Gasteiger partial charge on any atom is 0.325 e. The Morgan fingerprint density at radius 2 is 1.82 bits per heavy atom. The number of amides is 1. The first kappa shape index (κ1) is 19.7. The van der Waals surface area contributed by atoms with Crippen LogP contribution in [0.4, 0.5) is 0 Å². The Labute approximate surface area is 168 Å². The van der Waals surface area contributed by atoms with E-state index in [9.17, 15) is 14.4 Å². The van der Waals surface area contributed by atoms with Gasteiger partial charge in [-0.3, -0.25) is 14.4 Å². The lowest BCUT2D eigenvalue weighted by atomic mass is 10.1. The number of benzene rings is 2. The van der Waals surface area contributed by atoms with Crippen LogP contribution in [0.2, 0.25) is 0 Å². The molecule has 3 rings (SSSR count). The minimum atomic E-state index is -0.727. The van der Waals surface area contributed by atoms with Crippen molar-refractivity contribution in [3.05, 3.63) is 52.0 Å². The van der Waals surface area contributed by atoms with E-state index < -0.39 is 18.5 Å². The van der Waals surface area contributed by atoms with Gasteiger partial charge in [-0.05, 0) is 52.3 Å². The number of hydrogen-bond acceptors (Lipinski definition) is 7. The molecule has 0 fully saturated rings. The van der Waals surface area contributed by atoms with E-state index in [2.05, 4.69) is 21.2 Å². The molecular formula is C19H16BrNO7. The number of carbonyl (C=O) groups is 3. The van der Waals surface area contributed by atoms with Gasteiger partial charge in [0.05, 0.1) is 11.6 Å². The molecule has 2 aromatic rings. The minimum Gasteiger partial charge on any atom is -0.496 e. The summed E-state index contributed by atoms with van der Waals surface area (Å²) in [6, 6.07) is 9.47. The zero-order valence-electron chi connectivity index (χ0n) is 14.8.